The fraction of sp³-hybridized carbons (Fsp3) is 0.250. The zero-order valence-corrected chi connectivity index (χ0v) is 11.4. The lowest BCUT2D eigenvalue weighted by molar-refractivity contribution is -0.114. The molecule has 5 nitrogen and oxygen atoms in total. The van der Waals surface area contributed by atoms with E-state index < -0.39 is 0 Å². The van der Waals surface area contributed by atoms with Crippen molar-refractivity contribution in [2.45, 2.75) is 18.9 Å². The Morgan fingerprint density at radius 2 is 1.95 bits per heavy atom. The highest BCUT2D eigenvalue weighted by Crippen LogP contribution is 2.36. The summed E-state index contributed by atoms with van der Waals surface area (Å²) in [5.74, 6) is 0.197. The van der Waals surface area contributed by atoms with Crippen molar-refractivity contribution in [1.29, 1.82) is 0 Å². The van der Waals surface area contributed by atoms with Crippen LogP contribution in [0.5, 0.6) is 0 Å². The zero-order valence-electron chi connectivity index (χ0n) is 11.4. The Morgan fingerprint density at radius 3 is 2.76 bits per heavy atom. The lowest BCUT2D eigenvalue weighted by Crippen LogP contribution is -2.27. The third kappa shape index (κ3) is 2.11. The molecule has 5 heteroatoms. The van der Waals surface area contributed by atoms with Crippen LogP contribution in [0.2, 0.25) is 0 Å². The minimum atomic E-state index is 0.197. The van der Waals surface area contributed by atoms with Crippen molar-refractivity contribution in [1.82, 2.24) is 19.7 Å². The van der Waals surface area contributed by atoms with Crippen molar-refractivity contribution in [2.75, 3.05) is 0 Å². The molecule has 1 aromatic carbocycles. The van der Waals surface area contributed by atoms with Gasteiger partial charge in [-0.25, -0.2) is 4.98 Å². The van der Waals surface area contributed by atoms with Crippen LogP contribution < -0.4 is 0 Å². The van der Waals surface area contributed by atoms with E-state index in [0.717, 1.165) is 41.4 Å². The van der Waals surface area contributed by atoms with E-state index in [-0.39, 0.29) is 5.92 Å². The summed E-state index contributed by atoms with van der Waals surface area (Å²) in [6.45, 7) is 0. The molecule has 2 heterocycles. The van der Waals surface area contributed by atoms with Gasteiger partial charge in [0, 0.05) is 17.7 Å². The molecule has 4 rings (SSSR count). The molecule has 0 atom stereocenters. The normalized spacial score (nSPS) is 21.1. The topological polar surface area (TPSA) is 60.7 Å². The number of nitrogens with zero attached hydrogens (tertiary/aromatic N) is 4. The molecule has 0 spiro atoms. The average Bonchev–Trinajstić information content (AvgIpc) is 2.95. The van der Waals surface area contributed by atoms with Gasteiger partial charge in [-0.15, -0.1) is 0 Å². The summed E-state index contributed by atoms with van der Waals surface area (Å²) in [5, 5.41) is 4.40. The lowest BCUT2D eigenvalue weighted by Gasteiger charge is -2.31. The molecule has 1 saturated carbocycles. The monoisotopic (exact) mass is 278 g/mol. The first-order valence-corrected chi connectivity index (χ1v) is 7.05. The lowest BCUT2D eigenvalue weighted by atomic mass is 9.81. The highest BCUT2D eigenvalue weighted by atomic mass is 16.1. The average molecular weight is 278 g/mol. The number of rotatable bonds is 3. The van der Waals surface area contributed by atoms with E-state index >= 15 is 0 Å². The van der Waals surface area contributed by atoms with E-state index in [1.165, 1.54) is 0 Å². The van der Waals surface area contributed by atoms with E-state index in [2.05, 4.69) is 15.1 Å². The number of aromatic nitrogens is 4. The third-order valence-electron chi connectivity index (χ3n) is 4.06. The van der Waals surface area contributed by atoms with Gasteiger partial charge in [-0.2, -0.15) is 5.10 Å². The smallest absolute Gasteiger partial charge is 0.123 e. The summed E-state index contributed by atoms with van der Waals surface area (Å²) in [4.78, 5) is 19.7. The first-order valence-electron chi connectivity index (χ1n) is 7.05. The molecule has 2 aromatic heterocycles. The Kier molecular flexibility index (Phi) is 2.77. The predicted molar refractivity (Wildman–Crippen MR) is 78.6 cm³/mol. The molecule has 0 unspecified atom stereocenters. The van der Waals surface area contributed by atoms with Crippen LogP contribution in [0.3, 0.4) is 0 Å². The van der Waals surface area contributed by atoms with Crippen LogP contribution >= 0.6 is 0 Å². The Bertz CT molecular complexity index is 805. The van der Waals surface area contributed by atoms with Crippen LogP contribution in [0.15, 0.2) is 42.9 Å². The summed E-state index contributed by atoms with van der Waals surface area (Å²) in [6.07, 6.45) is 8.38. The van der Waals surface area contributed by atoms with Gasteiger partial charge in [-0.05, 0) is 25.0 Å². The fourth-order valence-corrected chi connectivity index (χ4v) is 2.72. The molecule has 1 fully saturated rings. The molecule has 0 N–H and O–H groups in total. The van der Waals surface area contributed by atoms with Gasteiger partial charge >= 0.3 is 0 Å². The number of aldehydes is 1. The number of benzene rings is 1. The molecular weight excluding hydrogens is 264 g/mol. The number of para-hydroxylation sites is 2. The van der Waals surface area contributed by atoms with E-state index in [0.29, 0.717) is 6.04 Å². The van der Waals surface area contributed by atoms with Crippen molar-refractivity contribution >= 4 is 17.3 Å². The number of hydrogen-bond acceptors (Lipinski definition) is 4. The highest BCUT2D eigenvalue weighted by molar-refractivity contribution is 5.76. The fourth-order valence-electron chi connectivity index (χ4n) is 2.72. The van der Waals surface area contributed by atoms with Gasteiger partial charge in [-0.1, -0.05) is 12.1 Å². The second-order valence-electron chi connectivity index (χ2n) is 5.47. The molecule has 0 radical (unpaired) electrons. The molecule has 0 saturated heterocycles. The molecule has 0 bridgehead atoms. The Balaban J connectivity index is 1.63. The quantitative estimate of drug-likeness (QED) is 0.691. The largest absolute Gasteiger partial charge is 0.303 e. The molecule has 1 aliphatic carbocycles. The van der Waals surface area contributed by atoms with Crippen molar-refractivity contribution in [2.24, 2.45) is 5.92 Å². The molecule has 3 aromatic rings. The van der Waals surface area contributed by atoms with E-state index in [9.17, 15) is 4.79 Å². The van der Waals surface area contributed by atoms with Gasteiger partial charge < -0.3 is 4.79 Å². The second-order valence-corrected chi connectivity index (χ2v) is 5.47. The Labute approximate surface area is 121 Å². The van der Waals surface area contributed by atoms with Gasteiger partial charge in [-0.3, -0.25) is 9.67 Å². The number of carbonyl (C=O) groups excluding carboxylic acids is 1. The van der Waals surface area contributed by atoms with Crippen molar-refractivity contribution in [3.05, 3.63) is 42.9 Å². The molecule has 0 aliphatic heterocycles. The predicted octanol–water partition coefficient (Wildman–Crippen LogP) is 2.64. The van der Waals surface area contributed by atoms with Gasteiger partial charge in [0.25, 0.3) is 0 Å². The van der Waals surface area contributed by atoms with Crippen LogP contribution in [0.1, 0.15) is 18.9 Å². The Hall–Kier alpha value is -2.56. The first kappa shape index (κ1) is 12.2. The van der Waals surface area contributed by atoms with Gasteiger partial charge in [0.2, 0.25) is 0 Å². The van der Waals surface area contributed by atoms with Crippen molar-refractivity contribution in [3.63, 3.8) is 0 Å². The third-order valence-corrected chi connectivity index (χ3v) is 4.06. The van der Waals surface area contributed by atoms with E-state index in [1.807, 2.05) is 41.3 Å². The van der Waals surface area contributed by atoms with Crippen LogP contribution in [0, 0.1) is 5.92 Å². The number of fused-ring (bicyclic) bond motifs is 1. The van der Waals surface area contributed by atoms with Gasteiger partial charge in [0.15, 0.2) is 0 Å². The summed E-state index contributed by atoms with van der Waals surface area (Å²) in [5.41, 5.74) is 3.56. The standard InChI is InChI=1S/C16H14N4O/c21-10-11-5-13(6-11)20-9-12(7-18-20)16-8-17-14-3-1-2-4-15(14)19-16/h1-4,7-11,13H,5-6H2. The van der Waals surface area contributed by atoms with E-state index in [1.54, 1.807) is 6.20 Å². The number of carbonyl (C=O) groups is 1. The zero-order chi connectivity index (χ0) is 14.2. The maximum Gasteiger partial charge on any atom is 0.123 e. The van der Waals surface area contributed by atoms with Crippen LogP contribution in [-0.4, -0.2) is 26.0 Å². The summed E-state index contributed by atoms with van der Waals surface area (Å²) < 4.78 is 1.94. The maximum atomic E-state index is 10.7. The summed E-state index contributed by atoms with van der Waals surface area (Å²) in [7, 11) is 0. The molecule has 21 heavy (non-hydrogen) atoms. The van der Waals surface area contributed by atoms with Crippen LogP contribution in [0.25, 0.3) is 22.3 Å². The molecular formula is C16H14N4O. The van der Waals surface area contributed by atoms with E-state index in [4.69, 9.17) is 0 Å². The minimum absolute atomic E-state index is 0.197. The number of hydrogen-bond donors (Lipinski definition) is 0. The summed E-state index contributed by atoms with van der Waals surface area (Å²) >= 11 is 0. The van der Waals surface area contributed by atoms with Gasteiger partial charge in [0.05, 0.1) is 35.2 Å². The SMILES string of the molecule is O=CC1CC(n2cc(-c3cnc4ccccc4n3)cn2)C1. The second kappa shape index (κ2) is 4.77. The molecule has 0 amide bonds. The molecule has 1 aliphatic rings. The Morgan fingerprint density at radius 1 is 1.14 bits per heavy atom. The van der Waals surface area contributed by atoms with Gasteiger partial charge in [0.1, 0.15) is 6.29 Å². The minimum Gasteiger partial charge on any atom is -0.303 e. The summed E-state index contributed by atoms with van der Waals surface area (Å²) in [6, 6.07) is 8.15. The van der Waals surface area contributed by atoms with Crippen molar-refractivity contribution in [3.8, 4) is 11.3 Å². The first-order chi connectivity index (χ1) is 10.3. The molecule has 104 valence electrons. The highest BCUT2D eigenvalue weighted by Gasteiger charge is 2.30. The van der Waals surface area contributed by atoms with Crippen molar-refractivity contribution < 1.29 is 4.79 Å². The van der Waals surface area contributed by atoms with Crippen LogP contribution in [0.4, 0.5) is 0 Å². The van der Waals surface area contributed by atoms with Crippen LogP contribution in [-0.2, 0) is 4.79 Å². The maximum absolute atomic E-state index is 10.7.